The zero-order chi connectivity index (χ0) is 17.7. The molecule has 0 aliphatic carbocycles. The van der Waals surface area contributed by atoms with Crippen molar-refractivity contribution in [3.8, 4) is 22.6 Å². The van der Waals surface area contributed by atoms with Crippen molar-refractivity contribution >= 4 is 11.9 Å². The highest BCUT2D eigenvalue weighted by molar-refractivity contribution is 5.99. The lowest BCUT2D eigenvalue weighted by Gasteiger charge is -2.16. The number of para-hydroxylation sites is 2. The lowest BCUT2D eigenvalue weighted by molar-refractivity contribution is 0.0587. The van der Waals surface area contributed by atoms with E-state index in [4.69, 9.17) is 18.9 Å². The van der Waals surface area contributed by atoms with Crippen molar-refractivity contribution in [1.29, 1.82) is 0 Å². The molecule has 0 radical (unpaired) electrons. The number of ether oxygens (including phenoxy) is 4. The molecule has 0 spiro atoms. The van der Waals surface area contributed by atoms with E-state index in [1.807, 2.05) is 0 Å². The number of carbonyl (C=O) groups is 2. The number of esters is 2. The molecule has 0 unspecified atom stereocenters. The summed E-state index contributed by atoms with van der Waals surface area (Å²) >= 11 is 0. The maximum atomic E-state index is 11.9. The molecule has 0 saturated heterocycles. The molecule has 0 fully saturated rings. The van der Waals surface area contributed by atoms with Gasteiger partial charge in [-0.25, -0.2) is 9.59 Å². The molecule has 6 heteroatoms. The maximum Gasteiger partial charge on any atom is 0.341 e. The van der Waals surface area contributed by atoms with Crippen molar-refractivity contribution in [1.82, 2.24) is 0 Å². The first-order valence-corrected chi connectivity index (χ1v) is 7.10. The summed E-state index contributed by atoms with van der Waals surface area (Å²) in [5.41, 5.74) is 1.76. The third-order valence-electron chi connectivity index (χ3n) is 3.54. The fourth-order valence-electron chi connectivity index (χ4n) is 2.48. The number of hydrogen-bond donors (Lipinski definition) is 0. The average Bonchev–Trinajstić information content (AvgIpc) is 2.65. The molecule has 0 N–H and O–H groups in total. The van der Waals surface area contributed by atoms with E-state index >= 15 is 0 Å². The third-order valence-corrected chi connectivity index (χ3v) is 3.54. The fourth-order valence-corrected chi connectivity index (χ4v) is 2.48. The highest BCUT2D eigenvalue weighted by atomic mass is 16.5. The summed E-state index contributed by atoms with van der Waals surface area (Å²) in [5.74, 6) is -0.358. The molecule has 126 valence electrons. The number of methoxy groups -OCH3 is 4. The van der Waals surface area contributed by atoms with Crippen LogP contribution in [-0.2, 0) is 9.47 Å². The van der Waals surface area contributed by atoms with Crippen molar-refractivity contribution in [3.05, 3.63) is 47.5 Å². The zero-order valence-corrected chi connectivity index (χ0v) is 13.9. The summed E-state index contributed by atoms with van der Waals surface area (Å²) in [4.78, 5) is 23.9. The summed E-state index contributed by atoms with van der Waals surface area (Å²) in [6.45, 7) is 0. The Hall–Kier alpha value is -3.02. The minimum atomic E-state index is -0.517. The fraction of sp³-hybridized carbons (Fsp3) is 0.222. The Morgan fingerprint density at radius 2 is 1.04 bits per heavy atom. The molecule has 6 nitrogen and oxygen atoms in total. The first-order valence-electron chi connectivity index (χ1n) is 7.10. The number of carbonyl (C=O) groups excluding carboxylic acids is 2. The lowest BCUT2D eigenvalue weighted by atomic mass is 9.98. The Bertz CT molecular complexity index is 701. The van der Waals surface area contributed by atoms with E-state index in [1.54, 1.807) is 36.4 Å². The van der Waals surface area contributed by atoms with Gasteiger partial charge in [0.15, 0.2) is 0 Å². The largest absolute Gasteiger partial charge is 0.495 e. The highest BCUT2D eigenvalue weighted by Gasteiger charge is 2.22. The van der Waals surface area contributed by atoms with E-state index < -0.39 is 11.9 Å². The van der Waals surface area contributed by atoms with Gasteiger partial charge in [-0.1, -0.05) is 24.3 Å². The molecule has 0 aliphatic heterocycles. The molecule has 0 atom stereocenters. The van der Waals surface area contributed by atoms with Gasteiger partial charge in [0.2, 0.25) is 0 Å². The number of benzene rings is 2. The Labute approximate surface area is 139 Å². The Morgan fingerprint density at radius 3 is 1.33 bits per heavy atom. The minimum Gasteiger partial charge on any atom is -0.495 e. The standard InChI is InChI=1S/C18H18O6/c1-21-15-11(7-5-9-13(15)17(19)23-3)12-8-6-10-14(16(12)22-2)18(20)24-4/h5-10H,1-4H3. The van der Waals surface area contributed by atoms with Gasteiger partial charge in [0.25, 0.3) is 0 Å². The van der Waals surface area contributed by atoms with Crippen molar-refractivity contribution in [2.45, 2.75) is 0 Å². The van der Waals surface area contributed by atoms with Gasteiger partial charge < -0.3 is 18.9 Å². The maximum absolute atomic E-state index is 11.9. The zero-order valence-electron chi connectivity index (χ0n) is 13.9. The molecule has 2 rings (SSSR count). The first-order chi connectivity index (χ1) is 11.6. The normalized spacial score (nSPS) is 10.0. The summed E-state index contributed by atoms with van der Waals surface area (Å²) in [6, 6.07) is 10.1. The molecule has 2 aromatic carbocycles. The summed E-state index contributed by atoms with van der Waals surface area (Å²) in [6.07, 6.45) is 0. The molecule has 0 aliphatic rings. The summed E-state index contributed by atoms with van der Waals surface area (Å²) < 4.78 is 20.4. The SMILES string of the molecule is COC(=O)c1cccc(-c2cccc(C(=O)OC)c2OC)c1OC. The minimum absolute atomic E-state index is 0.281. The quantitative estimate of drug-likeness (QED) is 0.785. The molecule has 0 heterocycles. The smallest absolute Gasteiger partial charge is 0.341 e. The van der Waals surface area contributed by atoms with E-state index in [1.165, 1.54) is 28.4 Å². The second kappa shape index (κ2) is 7.50. The van der Waals surface area contributed by atoms with Crippen LogP contribution in [0, 0.1) is 0 Å². The van der Waals surface area contributed by atoms with E-state index in [-0.39, 0.29) is 11.1 Å². The first kappa shape index (κ1) is 17.3. The van der Waals surface area contributed by atoms with Crippen molar-refractivity contribution in [2.24, 2.45) is 0 Å². The molecule has 0 amide bonds. The average molecular weight is 330 g/mol. The van der Waals surface area contributed by atoms with Crippen LogP contribution >= 0.6 is 0 Å². The monoisotopic (exact) mass is 330 g/mol. The summed E-state index contributed by atoms with van der Waals surface area (Å²) in [5, 5.41) is 0. The van der Waals surface area contributed by atoms with Gasteiger partial charge in [-0.05, 0) is 12.1 Å². The van der Waals surface area contributed by atoms with Crippen molar-refractivity contribution < 1.29 is 28.5 Å². The number of hydrogen-bond acceptors (Lipinski definition) is 6. The van der Waals surface area contributed by atoms with Crippen LogP contribution in [0.25, 0.3) is 11.1 Å². The predicted octanol–water partition coefficient (Wildman–Crippen LogP) is 2.94. The topological polar surface area (TPSA) is 71.1 Å². The van der Waals surface area contributed by atoms with Crippen molar-refractivity contribution in [3.63, 3.8) is 0 Å². The predicted molar refractivity (Wildman–Crippen MR) is 87.7 cm³/mol. The second-order valence-corrected chi connectivity index (χ2v) is 4.76. The van der Waals surface area contributed by atoms with E-state index in [0.29, 0.717) is 22.6 Å². The van der Waals surface area contributed by atoms with Crippen LogP contribution in [0.3, 0.4) is 0 Å². The molecule has 24 heavy (non-hydrogen) atoms. The van der Waals surface area contributed by atoms with Gasteiger partial charge in [0.05, 0.1) is 28.4 Å². The molecule has 0 bridgehead atoms. The molecular weight excluding hydrogens is 312 g/mol. The van der Waals surface area contributed by atoms with E-state index in [2.05, 4.69) is 0 Å². The molecule has 0 saturated carbocycles. The van der Waals surface area contributed by atoms with Crippen LogP contribution in [0.1, 0.15) is 20.7 Å². The van der Waals surface area contributed by atoms with E-state index in [0.717, 1.165) is 0 Å². The lowest BCUT2D eigenvalue weighted by Crippen LogP contribution is -2.07. The van der Waals surface area contributed by atoms with Crippen LogP contribution in [0.15, 0.2) is 36.4 Å². The van der Waals surface area contributed by atoms with Gasteiger partial charge in [0, 0.05) is 11.1 Å². The van der Waals surface area contributed by atoms with Crippen molar-refractivity contribution in [2.75, 3.05) is 28.4 Å². The Morgan fingerprint density at radius 1 is 0.667 bits per heavy atom. The van der Waals surface area contributed by atoms with Gasteiger partial charge in [-0.15, -0.1) is 0 Å². The van der Waals surface area contributed by atoms with Crippen LogP contribution in [0.2, 0.25) is 0 Å². The van der Waals surface area contributed by atoms with Gasteiger partial charge in [-0.2, -0.15) is 0 Å². The van der Waals surface area contributed by atoms with Crippen LogP contribution in [0.4, 0.5) is 0 Å². The van der Waals surface area contributed by atoms with Gasteiger partial charge in [0.1, 0.15) is 22.6 Å². The summed E-state index contributed by atoms with van der Waals surface area (Å²) in [7, 11) is 5.52. The second-order valence-electron chi connectivity index (χ2n) is 4.76. The van der Waals surface area contributed by atoms with Crippen LogP contribution < -0.4 is 9.47 Å². The van der Waals surface area contributed by atoms with Gasteiger partial charge >= 0.3 is 11.9 Å². The van der Waals surface area contributed by atoms with Crippen LogP contribution in [-0.4, -0.2) is 40.4 Å². The molecule has 0 aromatic heterocycles. The third kappa shape index (κ3) is 3.03. The van der Waals surface area contributed by atoms with Gasteiger partial charge in [-0.3, -0.25) is 0 Å². The Balaban J connectivity index is 2.73. The Kier molecular flexibility index (Phi) is 5.42. The molecule has 2 aromatic rings. The number of rotatable bonds is 5. The molecular formula is C18H18O6. The highest BCUT2D eigenvalue weighted by Crippen LogP contribution is 2.40. The van der Waals surface area contributed by atoms with Crippen LogP contribution in [0.5, 0.6) is 11.5 Å². The van der Waals surface area contributed by atoms with E-state index in [9.17, 15) is 9.59 Å².